The fourth-order valence-corrected chi connectivity index (χ4v) is 3.24. The van der Waals surface area contributed by atoms with Crippen molar-refractivity contribution in [2.75, 3.05) is 13.1 Å². The molecule has 2 rings (SSSR count). The molecule has 4 heteroatoms. The summed E-state index contributed by atoms with van der Waals surface area (Å²) in [6, 6.07) is 7.38. The maximum Gasteiger partial charge on any atom is 0.145 e. The highest BCUT2D eigenvalue weighted by atomic mass is 19.1. The van der Waals surface area contributed by atoms with E-state index in [1.54, 1.807) is 12.1 Å². The summed E-state index contributed by atoms with van der Waals surface area (Å²) in [5.41, 5.74) is 6.57. The van der Waals surface area contributed by atoms with Crippen LogP contribution < -0.4 is 5.73 Å². The summed E-state index contributed by atoms with van der Waals surface area (Å²) in [6.45, 7) is 4.22. The smallest absolute Gasteiger partial charge is 0.145 e. The molecule has 0 spiro atoms. The Morgan fingerprint density at radius 2 is 2.25 bits per heavy atom. The first-order chi connectivity index (χ1) is 9.71. The minimum absolute atomic E-state index is 0.125. The van der Waals surface area contributed by atoms with Gasteiger partial charge in [0.25, 0.3) is 0 Å². The quantitative estimate of drug-likeness (QED) is 0.898. The van der Waals surface area contributed by atoms with Crippen molar-refractivity contribution in [3.8, 4) is 6.07 Å². The SMILES string of the molecule is CCN(Cc1cccc(C#N)c1F)C1CCCC1CN. The van der Waals surface area contributed by atoms with Crippen LogP contribution >= 0.6 is 0 Å². The third kappa shape index (κ3) is 3.00. The molecule has 0 aromatic heterocycles. The van der Waals surface area contributed by atoms with E-state index < -0.39 is 0 Å². The van der Waals surface area contributed by atoms with Crippen molar-refractivity contribution in [2.45, 2.75) is 38.8 Å². The lowest BCUT2D eigenvalue weighted by atomic mass is 10.0. The van der Waals surface area contributed by atoms with Crippen molar-refractivity contribution in [2.24, 2.45) is 11.7 Å². The van der Waals surface area contributed by atoms with Crippen LogP contribution in [0.15, 0.2) is 18.2 Å². The van der Waals surface area contributed by atoms with Gasteiger partial charge in [-0.05, 0) is 37.9 Å². The van der Waals surface area contributed by atoms with Crippen LogP contribution in [0, 0.1) is 23.1 Å². The molecule has 108 valence electrons. The molecule has 1 aliphatic carbocycles. The van der Waals surface area contributed by atoms with Gasteiger partial charge in [0.2, 0.25) is 0 Å². The van der Waals surface area contributed by atoms with Crippen molar-refractivity contribution in [3.63, 3.8) is 0 Å². The number of nitrogens with zero attached hydrogens (tertiary/aromatic N) is 2. The molecule has 0 heterocycles. The molecule has 1 aromatic carbocycles. The molecule has 1 saturated carbocycles. The molecule has 1 aromatic rings. The molecule has 0 bridgehead atoms. The van der Waals surface area contributed by atoms with E-state index in [9.17, 15) is 4.39 Å². The van der Waals surface area contributed by atoms with Gasteiger partial charge in [-0.1, -0.05) is 25.5 Å². The number of benzene rings is 1. The lowest BCUT2D eigenvalue weighted by molar-refractivity contribution is 0.160. The molecular formula is C16H22FN3. The Bertz CT molecular complexity index is 495. The highest BCUT2D eigenvalue weighted by Crippen LogP contribution is 2.30. The number of hydrogen-bond donors (Lipinski definition) is 1. The summed E-state index contributed by atoms with van der Waals surface area (Å²) < 4.78 is 14.2. The Morgan fingerprint density at radius 1 is 1.45 bits per heavy atom. The van der Waals surface area contributed by atoms with E-state index in [0.29, 0.717) is 30.6 Å². The molecule has 1 aliphatic rings. The van der Waals surface area contributed by atoms with E-state index in [-0.39, 0.29) is 11.4 Å². The highest BCUT2D eigenvalue weighted by Gasteiger charge is 2.30. The molecule has 3 nitrogen and oxygen atoms in total. The van der Waals surface area contributed by atoms with Gasteiger partial charge in [0.05, 0.1) is 5.56 Å². The van der Waals surface area contributed by atoms with E-state index >= 15 is 0 Å². The van der Waals surface area contributed by atoms with E-state index in [2.05, 4.69) is 11.8 Å². The van der Waals surface area contributed by atoms with Crippen molar-refractivity contribution < 1.29 is 4.39 Å². The van der Waals surface area contributed by atoms with Gasteiger partial charge in [-0.3, -0.25) is 4.90 Å². The second-order valence-corrected chi connectivity index (χ2v) is 5.45. The Hall–Kier alpha value is -1.44. The molecular weight excluding hydrogens is 253 g/mol. The summed E-state index contributed by atoms with van der Waals surface area (Å²) in [7, 11) is 0. The molecule has 0 saturated heterocycles. The first kappa shape index (κ1) is 15.0. The number of rotatable bonds is 5. The van der Waals surface area contributed by atoms with Crippen LogP contribution in [0.4, 0.5) is 4.39 Å². The van der Waals surface area contributed by atoms with Crippen molar-refractivity contribution in [1.82, 2.24) is 4.90 Å². The molecule has 2 unspecified atom stereocenters. The molecule has 2 N–H and O–H groups in total. The maximum absolute atomic E-state index is 14.2. The van der Waals surface area contributed by atoms with E-state index in [4.69, 9.17) is 11.0 Å². The monoisotopic (exact) mass is 275 g/mol. The first-order valence-corrected chi connectivity index (χ1v) is 7.32. The molecule has 0 amide bonds. The number of nitrogens with two attached hydrogens (primary N) is 1. The third-order valence-electron chi connectivity index (χ3n) is 4.37. The van der Waals surface area contributed by atoms with Gasteiger partial charge >= 0.3 is 0 Å². The van der Waals surface area contributed by atoms with Crippen LogP contribution in [0.3, 0.4) is 0 Å². The summed E-state index contributed by atoms with van der Waals surface area (Å²) in [4.78, 5) is 2.30. The zero-order chi connectivity index (χ0) is 14.5. The van der Waals surface area contributed by atoms with Gasteiger partial charge in [-0.15, -0.1) is 0 Å². The van der Waals surface area contributed by atoms with Gasteiger partial charge < -0.3 is 5.73 Å². The maximum atomic E-state index is 14.2. The fourth-order valence-electron chi connectivity index (χ4n) is 3.24. The summed E-state index contributed by atoms with van der Waals surface area (Å²) in [5.74, 6) is 0.132. The van der Waals surface area contributed by atoms with Gasteiger partial charge in [0.15, 0.2) is 0 Å². The summed E-state index contributed by atoms with van der Waals surface area (Å²) in [5, 5.41) is 8.91. The predicted molar refractivity (Wildman–Crippen MR) is 77.4 cm³/mol. The van der Waals surface area contributed by atoms with Gasteiger partial charge in [-0.25, -0.2) is 4.39 Å². The summed E-state index contributed by atoms with van der Waals surface area (Å²) in [6.07, 6.45) is 3.50. The molecule has 20 heavy (non-hydrogen) atoms. The zero-order valence-corrected chi connectivity index (χ0v) is 12.0. The first-order valence-electron chi connectivity index (χ1n) is 7.32. The third-order valence-corrected chi connectivity index (χ3v) is 4.37. The average Bonchev–Trinajstić information content (AvgIpc) is 2.94. The fraction of sp³-hybridized carbons (Fsp3) is 0.562. The van der Waals surface area contributed by atoms with E-state index in [1.165, 1.54) is 18.9 Å². The number of halogens is 1. The zero-order valence-electron chi connectivity index (χ0n) is 12.0. The van der Waals surface area contributed by atoms with E-state index in [1.807, 2.05) is 6.07 Å². The van der Waals surface area contributed by atoms with Crippen LogP contribution in [0.1, 0.15) is 37.3 Å². The molecule has 1 fully saturated rings. The minimum Gasteiger partial charge on any atom is -0.330 e. The second-order valence-electron chi connectivity index (χ2n) is 5.45. The number of nitriles is 1. The van der Waals surface area contributed by atoms with Crippen LogP contribution in [-0.2, 0) is 6.54 Å². The lowest BCUT2D eigenvalue weighted by Gasteiger charge is -2.32. The van der Waals surface area contributed by atoms with Crippen LogP contribution in [0.2, 0.25) is 0 Å². The van der Waals surface area contributed by atoms with Crippen LogP contribution in [0.25, 0.3) is 0 Å². The van der Waals surface area contributed by atoms with Crippen LogP contribution in [0.5, 0.6) is 0 Å². The topological polar surface area (TPSA) is 53.0 Å². The van der Waals surface area contributed by atoms with Crippen molar-refractivity contribution in [1.29, 1.82) is 5.26 Å². The predicted octanol–water partition coefficient (Wildman–Crippen LogP) is 2.65. The van der Waals surface area contributed by atoms with Gasteiger partial charge in [-0.2, -0.15) is 5.26 Å². The molecule has 0 aliphatic heterocycles. The molecule has 2 atom stereocenters. The Morgan fingerprint density at radius 3 is 2.90 bits per heavy atom. The van der Waals surface area contributed by atoms with Crippen molar-refractivity contribution in [3.05, 3.63) is 35.1 Å². The number of hydrogen-bond acceptors (Lipinski definition) is 3. The highest BCUT2D eigenvalue weighted by molar-refractivity contribution is 5.34. The van der Waals surface area contributed by atoms with Crippen molar-refractivity contribution >= 4 is 0 Å². The Balaban J connectivity index is 2.17. The van der Waals surface area contributed by atoms with Gasteiger partial charge in [0.1, 0.15) is 11.9 Å². The minimum atomic E-state index is -0.379. The normalized spacial score (nSPS) is 22.1. The van der Waals surface area contributed by atoms with Gasteiger partial charge in [0, 0.05) is 18.2 Å². The van der Waals surface area contributed by atoms with E-state index in [0.717, 1.165) is 13.0 Å². The Labute approximate surface area is 120 Å². The second kappa shape index (κ2) is 6.83. The average molecular weight is 275 g/mol. The Kier molecular flexibility index (Phi) is 5.11. The molecule has 0 radical (unpaired) electrons. The standard InChI is InChI=1S/C16H22FN3/c1-2-20(15-8-4-5-12(15)9-18)11-14-7-3-6-13(10-19)16(14)17/h3,6-7,12,15H,2,4-5,8-9,11,18H2,1H3. The van der Waals surface area contributed by atoms with Crippen LogP contribution in [-0.4, -0.2) is 24.0 Å². The summed E-state index contributed by atoms with van der Waals surface area (Å²) >= 11 is 0. The largest absolute Gasteiger partial charge is 0.330 e. The lowest BCUT2D eigenvalue weighted by Crippen LogP contribution is -2.40.